The van der Waals surface area contributed by atoms with E-state index in [2.05, 4.69) is 30.4 Å². The van der Waals surface area contributed by atoms with Crippen LogP contribution >= 0.6 is 0 Å². The van der Waals surface area contributed by atoms with E-state index in [1.54, 1.807) is 24.7 Å². The smallest absolute Gasteiger partial charge is 0.162 e. The van der Waals surface area contributed by atoms with E-state index in [1.165, 1.54) is 12.1 Å². The minimum absolute atomic E-state index is 0.303. The Morgan fingerprint density at radius 1 is 0.933 bits per heavy atom. The lowest BCUT2D eigenvalue weighted by Crippen LogP contribution is -1.86. The van der Waals surface area contributed by atoms with Gasteiger partial charge in [-0.1, -0.05) is 12.1 Å². The summed E-state index contributed by atoms with van der Waals surface area (Å²) in [5.41, 5.74) is 6.45. The number of nitrogens with one attached hydrogen (secondary N) is 3. The van der Waals surface area contributed by atoms with Crippen LogP contribution in [-0.2, 0) is 0 Å². The first-order valence-electron chi connectivity index (χ1n) is 9.21. The van der Waals surface area contributed by atoms with Crippen molar-refractivity contribution in [3.8, 4) is 33.9 Å². The highest BCUT2D eigenvalue weighted by atomic mass is 19.1. The lowest BCUT2D eigenvalue weighted by Gasteiger charge is -2.01. The number of nitrogens with zero attached hydrogens (tertiary/aromatic N) is 5. The highest BCUT2D eigenvalue weighted by Crippen LogP contribution is 2.31. The predicted molar refractivity (Wildman–Crippen MR) is 110 cm³/mol. The van der Waals surface area contributed by atoms with Gasteiger partial charge in [0.15, 0.2) is 17.2 Å². The van der Waals surface area contributed by atoms with Gasteiger partial charge in [0, 0.05) is 23.5 Å². The van der Waals surface area contributed by atoms with Crippen LogP contribution in [0.15, 0.2) is 61.1 Å². The molecule has 0 aliphatic heterocycles. The van der Waals surface area contributed by atoms with Crippen LogP contribution in [0.2, 0.25) is 0 Å². The minimum Gasteiger partial charge on any atom is -0.321 e. The van der Waals surface area contributed by atoms with E-state index in [0.29, 0.717) is 28.2 Å². The van der Waals surface area contributed by atoms with Crippen molar-refractivity contribution in [2.75, 3.05) is 0 Å². The number of halogens is 1. The topological polar surface area (TPSA) is 112 Å². The highest BCUT2D eigenvalue weighted by Gasteiger charge is 2.17. The van der Waals surface area contributed by atoms with Gasteiger partial charge in [-0.3, -0.25) is 10.2 Å². The Bertz CT molecular complexity index is 1510. The Kier molecular flexibility index (Phi) is 3.48. The third-order valence-electron chi connectivity index (χ3n) is 4.95. The van der Waals surface area contributed by atoms with E-state index in [1.807, 2.05) is 24.3 Å². The van der Waals surface area contributed by atoms with Crippen LogP contribution in [0.25, 0.3) is 56.1 Å². The van der Waals surface area contributed by atoms with Gasteiger partial charge in [-0.2, -0.15) is 10.2 Å². The van der Waals surface area contributed by atoms with E-state index >= 15 is 0 Å². The number of rotatable bonds is 3. The van der Waals surface area contributed by atoms with E-state index < -0.39 is 0 Å². The Labute approximate surface area is 168 Å². The highest BCUT2D eigenvalue weighted by molar-refractivity contribution is 5.94. The molecule has 0 saturated carbocycles. The van der Waals surface area contributed by atoms with Crippen molar-refractivity contribution >= 4 is 22.2 Å². The molecular formula is C21H13FN8. The van der Waals surface area contributed by atoms with Gasteiger partial charge in [0.25, 0.3) is 0 Å². The summed E-state index contributed by atoms with van der Waals surface area (Å²) in [6, 6.07) is 12.0. The molecule has 1 aromatic carbocycles. The summed E-state index contributed by atoms with van der Waals surface area (Å²) in [4.78, 5) is 17.0. The second kappa shape index (κ2) is 6.31. The average molecular weight is 396 g/mol. The van der Waals surface area contributed by atoms with Crippen molar-refractivity contribution < 1.29 is 4.39 Å². The number of hydrogen-bond donors (Lipinski definition) is 3. The molecule has 0 aliphatic carbocycles. The molecule has 0 unspecified atom stereocenters. The zero-order valence-electron chi connectivity index (χ0n) is 15.4. The number of aromatic nitrogens is 8. The van der Waals surface area contributed by atoms with Crippen molar-refractivity contribution in [1.82, 2.24) is 40.3 Å². The number of benzene rings is 1. The Morgan fingerprint density at radius 2 is 1.90 bits per heavy atom. The Morgan fingerprint density at radius 3 is 2.77 bits per heavy atom. The van der Waals surface area contributed by atoms with E-state index in [0.717, 1.165) is 27.9 Å². The van der Waals surface area contributed by atoms with Crippen LogP contribution in [0.1, 0.15) is 0 Å². The van der Waals surface area contributed by atoms with Gasteiger partial charge < -0.3 is 4.98 Å². The van der Waals surface area contributed by atoms with Crippen LogP contribution in [0, 0.1) is 5.82 Å². The van der Waals surface area contributed by atoms with Crippen LogP contribution in [0.5, 0.6) is 0 Å². The monoisotopic (exact) mass is 396 g/mol. The third-order valence-corrected chi connectivity index (χ3v) is 4.95. The van der Waals surface area contributed by atoms with Gasteiger partial charge in [-0.15, -0.1) is 0 Å². The van der Waals surface area contributed by atoms with Gasteiger partial charge in [-0.25, -0.2) is 19.3 Å². The van der Waals surface area contributed by atoms with Gasteiger partial charge in [0.1, 0.15) is 16.9 Å². The minimum atomic E-state index is -0.303. The molecule has 9 heteroatoms. The quantitative estimate of drug-likeness (QED) is 0.417. The maximum Gasteiger partial charge on any atom is 0.162 e. The fourth-order valence-electron chi connectivity index (χ4n) is 3.53. The summed E-state index contributed by atoms with van der Waals surface area (Å²) in [6.45, 7) is 0. The largest absolute Gasteiger partial charge is 0.321 e. The first kappa shape index (κ1) is 16.5. The third kappa shape index (κ3) is 2.56. The molecule has 30 heavy (non-hydrogen) atoms. The molecule has 0 fully saturated rings. The van der Waals surface area contributed by atoms with Crippen LogP contribution in [-0.4, -0.2) is 40.3 Å². The van der Waals surface area contributed by atoms with Crippen molar-refractivity contribution in [3.63, 3.8) is 0 Å². The van der Waals surface area contributed by atoms with E-state index in [4.69, 9.17) is 9.97 Å². The summed E-state index contributed by atoms with van der Waals surface area (Å²) in [7, 11) is 0. The first-order chi connectivity index (χ1) is 14.8. The van der Waals surface area contributed by atoms with E-state index in [9.17, 15) is 4.39 Å². The molecule has 0 atom stereocenters. The van der Waals surface area contributed by atoms with Gasteiger partial charge in [-0.05, 0) is 35.9 Å². The molecule has 6 aromatic rings. The molecule has 144 valence electrons. The summed E-state index contributed by atoms with van der Waals surface area (Å²) < 4.78 is 13.7. The molecule has 0 bridgehead atoms. The van der Waals surface area contributed by atoms with Crippen LogP contribution in [0.4, 0.5) is 4.39 Å². The number of imidazole rings is 1. The lowest BCUT2D eigenvalue weighted by molar-refractivity contribution is 0.628. The molecule has 0 amide bonds. The molecule has 0 spiro atoms. The molecule has 0 saturated heterocycles. The zero-order valence-corrected chi connectivity index (χ0v) is 15.4. The van der Waals surface area contributed by atoms with Crippen LogP contribution < -0.4 is 0 Å². The summed E-state index contributed by atoms with van der Waals surface area (Å²) in [5, 5.41) is 14.2. The normalized spacial score (nSPS) is 11.5. The molecule has 5 heterocycles. The second-order valence-corrected chi connectivity index (χ2v) is 6.80. The molecular weight excluding hydrogens is 383 g/mol. The fraction of sp³-hybridized carbons (Fsp3) is 0. The first-order valence-corrected chi connectivity index (χ1v) is 9.21. The molecule has 6 rings (SSSR count). The molecule has 5 aromatic heterocycles. The fourth-order valence-corrected chi connectivity index (χ4v) is 3.53. The maximum absolute atomic E-state index is 13.7. The Hall–Kier alpha value is -4.40. The number of hydrogen-bond acceptors (Lipinski definition) is 5. The number of aromatic amines is 3. The molecule has 8 nitrogen and oxygen atoms in total. The molecule has 3 N–H and O–H groups in total. The zero-order chi connectivity index (χ0) is 20.1. The maximum atomic E-state index is 13.7. The van der Waals surface area contributed by atoms with Gasteiger partial charge >= 0.3 is 0 Å². The van der Waals surface area contributed by atoms with Crippen molar-refractivity contribution in [1.29, 1.82) is 0 Å². The average Bonchev–Trinajstić information content (AvgIpc) is 3.51. The number of H-pyrrole nitrogens is 3. The van der Waals surface area contributed by atoms with E-state index in [-0.39, 0.29) is 5.82 Å². The molecule has 0 radical (unpaired) electrons. The predicted octanol–water partition coefficient (Wildman–Crippen LogP) is 4.09. The molecule has 0 aliphatic rings. The standard InChI is InChI=1S/C21H13FN8/c22-13-3-1-2-11(8-13)14-6-7-23-20-17(14)27-21(28-20)19-18-16(29-30-19)5-4-15(26-18)12-9-24-25-10-12/h1-10H,(H,24,25)(H,29,30)(H,23,27,28). The van der Waals surface area contributed by atoms with Crippen LogP contribution in [0.3, 0.4) is 0 Å². The van der Waals surface area contributed by atoms with Gasteiger partial charge in [0.05, 0.1) is 17.4 Å². The number of pyridine rings is 2. The second-order valence-electron chi connectivity index (χ2n) is 6.80. The van der Waals surface area contributed by atoms with Crippen molar-refractivity contribution in [3.05, 3.63) is 66.9 Å². The lowest BCUT2D eigenvalue weighted by atomic mass is 10.1. The number of fused-ring (bicyclic) bond motifs is 2. The Balaban J connectivity index is 1.53. The van der Waals surface area contributed by atoms with Crippen molar-refractivity contribution in [2.24, 2.45) is 0 Å². The van der Waals surface area contributed by atoms with Crippen molar-refractivity contribution in [2.45, 2.75) is 0 Å². The summed E-state index contributed by atoms with van der Waals surface area (Å²) >= 11 is 0. The summed E-state index contributed by atoms with van der Waals surface area (Å²) in [5.74, 6) is 0.229. The van der Waals surface area contributed by atoms with Gasteiger partial charge in [0.2, 0.25) is 0 Å². The summed E-state index contributed by atoms with van der Waals surface area (Å²) in [6.07, 6.45) is 5.16. The SMILES string of the molecule is Fc1cccc(-c2ccnc3[nH]c(-c4n[nH]c5ccc(-c6cn[nH]c6)nc45)nc23)c1.